The molecule has 1 atom stereocenters. The van der Waals surface area contributed by atoms with Gasteiger partial charge in [0.1, 0.15) is 0 Å². The van der Waals surface area contributed by atoms with Crippen LogP contribution in [-0.4, -0.2) is 180 Å². The van der Waals surface area contributed by atoms with Gasteiger partial charge < -0.3 is 75.5 Å². The third-order valence-electron chi connectivity index (χ3n) is 8.74. The van der Waals surface area contributed by atoms with Crippen molar-refractivity contribution in [3.05, 3.63) is 0 Å². The highest BCUT2D eigenvalue weighted by atomic mass is 16.6. The zero-order valence-corrected chi connectivity index (χ0v) is 38.4. The molecule has 0 saturated carbocycles. The predicted octanol–water partition coefficient (Wildman–Crippen LogP) is -0.126. The van der Waals surface area contributed by atoms with Gasteiger partial charge in [0.15, 0.2) is 6.61 Å². The van der Waals surface area contributed by atoms with E-state index in [4.69, 9.17) is 54.2 Å². The summed E-state index contributed by atoms with van der Waals surface area (Å²) in [6, 6.07) is 0. The summed E-state index contributed by atoms with van der Waals surface area (Å²) in [5.41, 5.74) is 10.9. The molecule has 0 spiro atoms. The van der Waals surface area contributed by atoms with E-state index in [1.54, 1.807) is 13.8 Å². The maximum atomic E-state index is 12.1. The van der Waals surface area contributed by atoms with E-state index in [0.717, 1.165) is 38.5 Å². The van der Waals surface area contributed by atoms with E-state index < -0.39 is 0 Å². The summed E-state index contributed by atoms with van der Waals surface area (Å²) >= 11 is 0. The Morgan fingerprint density at radius 3 is 1.28 bits per heavy atom. The minimum absolute atomic E-state index is 0.0766. The summed E-state index contributed by atoms with van der Waals surface area (Å²) < 4.78 is 43.5. The third-order valence-corrected chi connectivity index (χ3v) is 8.74. The van der Waals surface area contributed by atoms with Crippen LogP contribution in [0.1, 0.15) is 84.5 Å². The molecule has 22 heteroatoms. The van der Waals surface area contributed by atoms with E-state index in [0.29, 0.717) is 150 Å². The number of nitrogens with zero attached hydrogens (tertiary/aromatic N) is 1. The molecule has 0 aromatic rings. The lowest BCUT2D eigenvalue weighted by atomic mass is 10.0. The summed E-state index contributed by atoms with van der Waals surface area (Å²) in [6.45, 7) is 10.9. The molecule has 64 heavy (non-hydrogen) atoms. The Hall–Kier alpha value is -4.03. The largest absolute Gasteiger partial charge is 0.386 e. The van der Waals surface area contributed by atoms with Crippen molar-refractivity contribution in [3.8, 4) is 0 Å². The molecular formula is C42H79N7O15. The lowest BCUT2D eigenvalue weighted by molar-refractivity contribution is -0.126. The van der Waals surface area contributed by atoms with Gasteiger partial charge in [0.25, 0.3) is 5.91 Å². The van der Waals surface area contributed by atoms with Crippen LogP contribution >= 0.6 is 0 Å². The smallest absolute Gasteiger partial charge is 0.260 e. The van der Waals surface area contributed by atoms with Crippen molar-refractivity contribution < 1.29 is 71.5 Å². The standard InChI is InChI=1S/C42H79N7O15/c1-35(42(44)55)8-5-7-15-46-40(53)13-19-57-23-27-61-30-32-62-28-24-58-20-16-47-38(51)11-10-36(2)49-64-34-41(54)48-17-21-59-25-29-63-33-31-60-26-22-56-18-12-39(52)45-14-6-3-4-9-37(43)50/h35H,3-34H2,1-2H3,(H2,43,50)(H2,44,55)(H,45,52)(H,46,53)(H,47,51)(H,48,54)/b49-36+. The molecule has 0 aromatic heterocycles. The zero-order chi connectivity index (χ0) is 47.1. The van der Waals surface area contributed by atoms with Crippen molar-refractivity contribution in [1.82, 2.24) is 21.3 Å². The molecule has 0 fully saturated rings. The minimum atomic E-state index is -0.349. The average Bonchev–Trinajstić information content (AvgIpc) is 3.26. The third kappa shape index (κ3) is 46.0. The van der Waals surface area contributed by atoms with Gasteiger partial charge >= 0.3 is 0 Å². The number of hydrogen-bond donors (Lipinski definition) is 6. The van der Waals surface area contributed by atoms with Crippen molar-refractivity contribution in [3.63, 3.8) is 0 Å². The van der Waals surface area contributed by atoms with Crippen molar-refractivity contribution in [1.29, 1.82) is 0 Å². The van der Waals surface area contributed by atoms with E-state index in [1.165, 1.54) is 0 Å². The second kappa shape index (κ2) is 45.5. The molecule has 0 radical (unpaired) electrons. The fourth-order valence-corrected chi connectivity index (χ4v) is 5.01. The molecule has 0 bridgehead atoms. The molecule has 0 saturated heterocycles. The van der Waals surface area contributed by atoms with Gasteiger partial charge in [0.2, 0.25) is 29.5 Å². The highest BCUT2D eigenvalue weighted by molar-refractivity contribution is 5.86. The van der Waals surface area contributed by atoms with Gasteiger partial charge in [-0.3, -0.25) is 28.8 Å². The number of nitrogens with one attached hydrogen (secondary N) is 4. The van der Waals surface area contributed by atoms with Gasteiger partial charge in [0, 0.05) is 57.8 Å². The summed E-state index contributed by atoms with van der Waals surface area (Å²) in [5.74, 6) is -1.41. The van der Waals surface area contributed by atoms with Crippen LogP contribution in [0.25, 0.3) is 0 Å². The van der Waals surface area contributed by atoms with Crippen molar-refractivity contribution in [2.24, 2.45) is 22.5 Å². The highest BCUT2D eigenvalue weighted by Crippen LogP contribution is 2.06. The second-order valence-electron chi connectivity index (χ2n) is 14.5. The highest BCUT2D eigenvalue weighted by Gasteiger charge is 2.09. The molecule has 0 aliphatic rings. The Bertz CT molecular complexity index is 1250. The number of unbranched alkanes of at least 4 members (excludes halogenated alkanes) is 3. The van der Waals surface area contributed by atoms with Crippen molar-refractivity contribution in [2.75, 3.05) is 138 Å². The second-order valence-corrected chi connectivity index (χ2v) is 14.5. The first-order valence-electron chi connectivity index (χ1n) is 22.4. The number of rotatable bonds is 48. The molecule has 22 nitrogen and oxygen atoms in total. The Morgan fingerprint density at radius 1 is 0.438 bits per heavy atom. The lowest BCUT2D eigenvalue weighted by Crippen LogP contribution is -2.30. The Balaban J connectivity index is 3.46. The van der Waals surface area contributed by atoms with Crippen LogP contribution in [0.4, 0.5) is 0 Å². The topological polar surface area (TPSA) is 298 Å². The number of carbonyl (C=O) groups is 6. The fourth-order valence-electron chi connectivity index (χ4n) is 5.01. The summed E-state index contributed by atoms with van der Waals surface area (Å²) in [5, 5.41) is 15.0. The SMILES string of the molecule is C/C(CCC(=O)NCCOCCOCCOCCOCCC(=O)NCCCCC(C)C(N)=O)=N\OCC(=O)NCCOCCOCCOCCOCCC(=O)NCCCCCC(N)=O. The summed E-state index contributed by atoms with van der Waals surface area (Å²) in [4.78, 5) is 74.4. The van der Waals surface area contributed by atoms with E-state index in [2.05, 4.69) is 26.4 Å². The fraction of sp³-hybridized carbons (Fsp3) is 0.833. The number of ether oxygens (including phenoxy) is 8. The molecular weight excluding hydrogens is 842 g/mol. The number of nitrogens with two attached hydrogens (primary N) is 2. The quantitative estimate of drug-likeness (QED) is 0.0263. The lowest BCUT2D eigenvalue weighted by Gasteiger charge is -2.09. The monoisotopic (exact) mass is 922 g/mol. The summed E-state index contributed by atoms with van der Waals surface area (Å²) in [6.07, 6.45) is 6.22. The van der Waals surface area contributed by atoms with Crippen LogP contribution in [0.15, 0.2) is 5.16 Å². The molecule has 0 aliphatic carbocycles. The first-order chi connectivity index (χ1) is 31.0. The van der Waals surface area contributed by atoms with E-state index in [-0.39, 0.29) is 67.2 Å². The average molecular weight is 922 g/mol. The maximum absolute atomic E-state index is 12.1. The van der Waals surface area contributed by atoms with Gasteiger partial charge in [-0.15, -0.1) is 0 Å². The Morgan fingerprint density at radius 2 is 0.828 bits per heavy atom. The number of primary amides is 2. The minimum Gasteiger partial charge on any atom is -0.386 e. The summed E-state index contributed by atoms with van der Waals surface area (Å²) in [7, 11) is 0. The van der Waals surface area contributed by atoms with E-state index in [9.17, 15) is 28.8 Å². The van der Waals surface area contributed by atoms with Crippen LogP contribution in [0.3, 0.4) is 0 Å². The van der Waals surface area contributed by atoms with Gasteiger partial charge in [-0.25, -0.2) is 0 Å². The normalized spacial score (nSPS) is 11.8. The van der Waals surface area contributed by atoms with Crippen LogP contribution in [0, 0.1) is 5.92 Å². The zero-order valence-electron chi connectivity index (χ0n) is 38.4. The molecule has 0 rings (SSSR count). The van der Waals surface area contributed by atoms with Crippen molar-refractivity contribution >= 4 is 41.2 Å². The molecule has 6 amide bonds. The van der Waals surface area contributed by atoms with Crippen LogP contribution in [0.2, 0.25) is 0 Å². The molecule has 0 aliphatic heterocycles. The number of carbonyl (C=O) groups excluding carboxylic acids is 6. The maximum Gasteiger partial charge on any atom is 0.260 e. The molecule has 8 N–H and O–H groups in total. The van der Waals surface area contributed by atoms with E-state index >= 15 is 0 Å². The van der Waals surface area contributed by atoms with Gasteiger partial charge in [-0.2, -0.15) is 0 Å². The predicted molar refractivity (Wildman–Crippen MR) is 236 cm³/mol. The number of hydrogen-bond acceptors (Lipinski definition) is 16. The van der Waals surface area contributed by atoms with E-state index in [1.807, 2.05) is 0 Å². The number of oxime groups is 1. The van der Waals surface area contributed by atoms with Crippen LogP contribution < -0.4 is 32.7 Å². The molecule has 1 unspecified atom stereocenters. The van der Waals surface area contributed by atoms with Crippen LogP contribution in [0.5, 0.6) is 0 Å². The first-order valence-corrected chi connectivity index (χ1v) is 22.4. The van der Waals surface area contributed by atoms with Crippen LogP contribution in [-0.2, 0) is 71.5 Å². The molecule has 0 aromatic carbocycles. The van der Waals surface area contributed by atoms with Gasteiger partial charge in [-0.1, -0.05) is 24.9 Å². The van der Waals surface area contributed by atoms with Gasteiger partial charge in [0.05, 0.1) is 111 Å². The Labute approximate surface area is 378 Å². The Kier molecular flexibility index (Phi) is 42.7. The first kappa shape index (κ1) is 60.0. The number of amides is 6. The molecule has 0 heterocycles. The van der Waals surface area contributed by atoms with Crippen molar-refractivity contribution in [2.45, 2.75) is 84.5 Å². The van der Waals surface area contributed by atoms with Gasteiger partial charge in [-0.05, 0) is 39.0 Å². The molecule has 372 valence electrons.